The molecular formula is C23H20ClFN4O2. The van der Waals surface area contributed by atoms with Gasteiger partial charge in [0.05, 0.1) is 22.0 Å². The van der Waals surface area contributed by atoms with Crippen molar-refractivity contribution in [3.63, 3.8) is 0 Å². The van der Waals surface area contributed by atoms with Gasteiger partial charge in [0.2, 0.25) is 5.91 Å². The Kier molecular flexibility index (Phi) is 6.83. The number of amides is 1. The Balaban J connectivity index is 2.02. The number of aromatic nitrogens is 3. The van der Waals surface area contributed by atoms with Crippen LogP contribution in [0.15, 0.2) is 41.3 Å². The maximum atomic E-state index is 15.2. The molecule has 2 N–H and O–H groups in total. The molecule has 0 atom stereocenters. The lowest BCUT2D eigenvalue weighted by Crippen LogP contribution is -2.27. The first-order valence-electron chi connectivity index (χ1n) is 9.55. The molecule has 0 radical (unpaired) electrons. The Morgan fingerprint density at radius 1 is 1.26 bits per heavy atom. The van der Waals surface area contributed by atoms with Gasteiger partial charge in [-0.25, -0.2) is 9.37 Å². The first-order chi connectivity index (χ1) is 14.8. The quantitative estimate of drug-likeness (QED) is 0.591. The lowest BCUT2D eigenvalue weighted by atomic mass is 10.1. The number of hydrogen-bond donors (Lipinski definition) is 2. The van der Waals surface area contributed by atoms with Crippen molar-refractivity contribution in [1.29, 1.82) is 0 Å². The van der Waals surface area contributed by atoms with Gasteiger partial charge in [-0.2, -0.15) is 0 Å². The van der Waals surface area contributed by atoms with Crippen molar-refractivity contribution in [2.45, 2.75) is 27.3 Å². The minimum absolute atomic E-state index is 0.0155. The summed E-state index contributed by atoms with van der Waals surface area (Å²) in [7, 11) is 0. The molecule has 1 amide bonds. The number of halogens is 2. The zero-order chi connectivity index (χ0) is 22.5. The zero-order valence-electron chi connectivity index (χ0n) is 17.2. The number of carbonyl (C=O) groups is 1. The van der Waals surface area contributed by atoms with Crippen molar-refractivity contribution in [1.82, 2.24) is 20.3 Å². The lowest BCUT2D eigenvalue weighted by molar-refractivity contribution is -0.124. The van der Waals surface area contributed by atoms with Crippen LogP contribution in [-0.4, -0.2) is 20.9 Å². The van der Waals surface area contributed by atoms with Crippen LogP contribution < -0.4 is 10.9 Å². The number of pyridine rings is 1. The standard InChI is InChI=1S/C23H20ClFN4O2/c1-4-5-14-6-9-17(26-11-14)18-10-19(30)29-22(28-18)20-16(24)8-7-15(21(20)25)12-27-23(31)13(2)3/h6-11,13H,12H2,1-3H3,(H,27,31)(H,28,29,30). The molecule has 8 heteroatoms. The Morgan fingerprint density at radius 2 is 2.03 bits per heavy atom. The van der Waals surface area contributed by atoms with E-state index in [1.54, 1.807) is 39.1 Å². The van der Waals surface area contributed by atoms with Crippen LogP contribution in [0.1, 0.15) is 31.9 Å². The van der Waals surface area contributed by atoms with Gasteiger partial charge in [0, 0.05) is 35.9 Å². The van der Waals surface area contributed by atoms with E-state index >= 15 is 4.39 Å². The third-order valence-electron chi connectivity index (χ3n) is 4.42. The smallest absolute Gasteiger partial charge is 0.251 e. The summed E-state index contributed by atoms with van der Waals surface area (Å²) >= 11 is 6.24. The minimum Gasteiger partial charge on any atom is -0.352 e. The molecule has 158 valence electrons. The van der Waals surface area contributed by atoms with Crippen LogP contribution in [0.5, 0.6) is 0 Å². The van der Waals surface area contributed by atoms with Crippen molar-refractivity contribution in [2.24, 2.45) is 5.92 Å². The van der Waals surface area contributed by atoms with E-state index < -0.39 is 11.4 Å². The maximum absolute atomic E-state index is 15.2. The second-order valence-electron chi connectivity index (χ2n) is 7.05. The second kappa shape index (κ2) is 9.54. The zero-order valence-corrected chi connectivity index (χ0v) is 18.0. The minimum atomic E-state index is -0.668. The highest BCUT2D eigenvalue weighted by Gasteiger charge is 2.18. The summed E-state index contributed by atoms with van der Waals surface area (Å²) in [6.07, 6.45) is 1.57. The highest BCUT2D eigenvalue weighted by atomic mass is 35.5. The first-order valence-corrected chi connectivity index (χ1v) is 9.93. The number of rotatable bonds is 5. The molecule has 2 heterocycles. The molecule has 31 heavy (non-hydrogen) atoms. The predicted molar refractivity (Wildman–Crippen MR) is 118 cm³/mol. The molecule has 0 spiro atoms. The Hall–Kier alpha value is -3.50. The van der Waals surface area contributed by atoms with Crippen LogP contribution in [-0.2, 0) is 11.3 Å². The third-order valence-corrected chi connectivity index (χ3v) is 4.74. The average Bonchev–Trinajstić information content (AvgIpc) is 2.73. The summed E-state index contributed by atoms with van der Waals surface area (Å²) in [6, 6.07) is 7.70. The van der Waals surface area contributed by atoms with E-state index in [0.717, 1.165) is 5.56 Å². The highest BCUT2D eigenvalue weighted by Crippen LogP contribution is 2.30. The van der Waals surface area contributed by atoms with Crippen LogP contribution >= 0.6 is 11.6 Å². The Bertz CT molecular complexity index is 1240. The number of aromatic amines is 1. The van der Waals surface area contributed by atoms with Crippen molar-refractivity contribution >= 4 is 17.5 Å². The van der Waals surface area contributed by atoms with Crippen molar-refractivity contribution < 1.29 is 9.18 Å². The number of benzene rings is 1. The summed E-state index contributed by atoms with van der Waals surface area (Å²) in [5, 5.41) is 2.75. The Morgan fingerprint density at radius 3 is 2.68 bits per heavy atom. The molecule has 0 aliphatic rings. The number of nitrogens with one attached hydrogen (secondary N) is 2. The summed E-state index contributed by atoms with van der Waals surface area (Å²) in [5.74, 6) is 4.54. The van der Waals surface area contributed by atoms with Gasteiger partial charge in [0.1, 0.15) is 11.6 Å². The van der Waals surface area contributed by atoms with Gasteiger partial charge in [-0.1, -0.05) is 37.4 Å². The topological polar surface area (TPSA) is 87.7 Å². The van der Waals surface area contributed by atoms with E-state index in [2.05, 4.69) is 32.1 Å². The lowest BCUT2D eigenvalue weighted by Gasteiger charge is -2.12. The fourth-order valence-electron chi connectivity index (χ4n) is 2.81. The molecule has 0 fully saturated rings. The van der Waals surface area contributed by atoms with Crippen LogP contribution in [0.25, 0.3) is 22.8 Å². The molecule has 3 aromatic rings. The number of carbonyl (C=O) groups excluding carboxylic acids is 1. The van der Waals surface area contributed by atoms with Crippen LogP contribution in [0.2, 0.25) is 5.02 Å². The van der Waals surface area contributed by atoms with Gasteiger partial charge >= 0.3 is 0 Å². The van der Waals surface area contributed by atoms with Gasteiger partial charge in [-0.05, 0) is 25.1 Å². The molecule has 0 saturated heterocycles. The molecule has 2 aromatic heterocycles. The van der Waals surface area contributed by atoms with Gasteiger partial charge in [0.15, 0.2) is 0 Å². The normalized spacial score (nSPS) is 10.5. The van der Waals surface area contributed by atoms with Gasteiger partial charge in [-0.15, -0.1) is 5.92 Å². The fourth-order valence-corrected chi connectivity index (χ4v) is 3.04. The molecule has 6 nitrogen and oxygen atoms in total. The molecular weight excluding hydrogens is 419 g/mol. The number of nitrogens with zero attached hydrogens (tertiary/aromatic N) is 2. The van der Waals surface area contributed by atoms with E-state index in [1.807, 2.05) is 0 Å². The van der Waals surface area contributed by atoms with Gasteiger partial charge < -0.3 is 10.3 Å². The predicted octanol–water partition coefficient (Wildman–Crippen LogP) is 3.94. The van der Waals surface area contributed by atoms with Crippen molar-refractivity contribution in [3.8, 4) is 34.6 Å². The van der Waals surface area contributed by atoms with Crippen molar-refractivity contribution in [3.05, 3.63) is 68.8 Å². The average molecular weight is 439 g/mol. The SMILES string of the molecule is CC#Cc1ccc(-c2cc(=O)[nH]c(-c3c(Cl)ccc(CNC(=O)C(C)C)c3F)n2)nc1. The summed E-state index contributed by atoms with van der Waals surface area (Å²) < 4.78 is 15.2. The molecule has 0 saturated carbocycles. The fraction of sp³-hybridized carbons (Fsp3) is 0.217. The summed E-state index contributed by atoms with van der Waals surface area (Å²) in [5.41, 5.74) is 1.12. The summed E-state index contributed by atoms with van der Waals surface area (Å²) in [4.78, 5) is 35.3. The second-order valence-corrected chi connectivity index (χ2v) is 7.46. The number of hydrogen-bond acceptors (Lipinski definition) is 4. The van der Waals surface area contributed by atoms with Crippen molar-refractivity contribution in [2.75, 3.05) is 0 Å². The molecule has 0 unspecified atom stereocenters. The largest absolute Gasteiger partial charge is 0.352 e. The molecule has 1 aromatic carbocycles. The highest BCUT2D eigenvalue weighted by molar-refractivity contribution is 6.33. The van der Waals surface area contributed by atoms with E-state index in [1.165, 1.54) is 18.2 Å². The first kappa shape index (κ1) is 22.2. The third kappa shape index (κ3) is 5.16. The number of H-pyrrole nitrogens is 1. The van der Waals surface area contributed by atoms with E-state index in [0.29, 0.717) is 5.69 Å². The van der Waals surface area contributed by atoms with Crippen LogP contribution in [0.3, 0.4) is 0 Å². The summed E-state index contributed by atoms with van der Waals surface area (Å²) in [6.45, 7) is 5.20. The van der Waals surface area contributed by atoms with Gasteiger partial charge in [0.25, 0.3) is 5.56 Å². The molecule has 0 bridgehead atoms. The monoisotopic (exact) mass is 438 g/mol. The van der Waals surface area contributed by atoms with E-state index in [4.69, 9.17) is 11.6 Å². The Labute approximate surface area is 183 Å². The van der Waals surface area contributed by atoms with Gasteiger partial charge in [-0.3, -0.25) is 14.6 Å². The molecule has 3 rings (SSSR count). The maximum Gasteiger partial charge on any atom is 0.251 e. The van der Waals surface area contributed by atoms with Crippen LogP contribution in [0.4, 0.5) is 4.39 Å². The molecule has 0 aliphatic carbocycles. The van der Waals surface area contributed by atoms with Crippen LogP contribution in [0, 0.1) is 23.6 Å². The van der Waals surface area contributed by atoms with E-state index in [-0.39, 0.29) is 46.0 Å². The molecule has 0 aliphatic heterocycles. The van der Waals surface area contributed by atoms with E-state index in [9.17, 15) is 9.59 Å².